The van der Waals surface area contributed by atoms with Crippen molar-refractivity contribution < 1.29 is 9.18 Å². The third-order valence-corrected chi connectivity index (χ3v) is 3.14. The van der Waals surface area contributed by atoms with Crippen LogP contribution >= 0.6 is 17.0 Å². The van der Waals surface area contributed by atoms with E-state index in [2.05, 4.69) is 4.90 Å². The summed E-state index contributed by atoms with van der Waals surface area (Å²) < 4.78 is 12.7. The molecule has 1 aliphatic heterocycles. The fourth-order valence-electron chi connectivity index (χ4n) is 2.08. The third kappa shape index (κ3) is 3.60. The van der Waals surface area contributed by atoms with E-state index in [1.807, 2.05) is 0 Å². The van der Waals surface area contributed by atoms with Gasteiger partial charge in [-0.1, -0.05) is 0 Å². The van der Waals surface area contributed by atoms with Crippen LogP contribution in [0.25, 0.3) is 0 Å². The molecule has 0 bridgehead atoms. The van der Waals surface area contributed by atoms with Crippen molar-refractivity contribution in [1.82, 2.24) is 4.90 Å². The Morgan fingerprint density at radius 2 is 1.94 bits per heavy atom. The van der Waals surface area contributed by atoms with Gasteiger partial charge in [0.15, 0.2) is 5.78 Å². The number of nitrogens with two attached hydrogens (primary N) is 1. The molecule has 0 aliphatic carbocycles. The van der Waals surface area contributed by atoms with Gasteiger partial charge in [0.2, 0.25) is 0 Å². The average Bonchev–Trinajstić information content (AvgIpc) is 2.28. The number of hydrogen-bond donors (Lipinski definition) is 1. The molecule has 0 atom stereocenters. The van der Waals surface area contributed by atoms with Crippen LogP contribution in [0.5, 0.6) is 0 Å². The summed E-state index contributed by atoms with van der Waals surface area (Å²) >= 11 is 0. The van der Waals surface area contributed by atoms with Crippen molar-refractivity contribution in [3.05, 3.63) is 35.6 Å². The lowest BCUT2D eigenvalue weighted by molar-refractivity contribution is 0.0622. The minimum absolute atomic E-state index is 0. The van der Waals surface area contributed by atoms with Crippen molar-refractivity contribution in [1.29, 1.82) is 0 Å². The van der Waals surface area contributed by atoms with E-state index in [1.165, 1.54) is 12.1 Å². The van der Waals surface area contributed by atoms with Crippen molar-refractivity contribution in [2.45, 2.75) is 6.42 Å². The van der Waals surface area contributed by atoms with Gasteiger partial charge < -0.3 is 10.6 Å². The molecule has 1 aromatic rings. The molecule has 0 saturated carbocycles. The minimum Gasteiger partial charge on any atom is -0.330 e. The van der Waals surface area contributed by atoms with E-state index in [1.54, 1.807) is 12.1 Å². The number of benzene rings is 1. The Morgan fingerprint density at radius 1 is 1.33 bits per heavy atom. The average molecular weight is 317 g/mol. The second-order valence-electron chi connectivity index (χ2n) is 4.47. The van der Waals surface area contributed by atoms with Crippen molar-refractivity contribution in [2.75, 3.05) is 26.2 Å². The van der Waals surface area contributed by atoms with Crippen molar-refractivity contribution >= 4 is 22.8 Å². The molecule has 1 saturated heterocycles. The topological polar surface area (TPSA) is 46.3 Å². The summed E-state index contributed by atoms with van der Waals surface area (Å²) in [6.07, 6.45) is 0.970. The first-order valence-corrected chi connectivity index (χ1v) is 5.93. The molecule has 2 N–H and O–H groups in total. The largest absolute Gasteiger partial charge is 0.330 e. The van der Waals surface area contributed by atoms with Crippen LogP contribution in [0.1, 0.15) is 16.8 Å². The number of rotatable bonds is 5. The highest BCUT2D eigenvalue weighted by Gasteiger charge is 2.32. The predicted molar refractivity (Wildman–Crippen MR) is 74.7 cm³/mol. The minimum atomic E-state index is -0.306. The number of halogens is 2. The zero-order valence-corrected chi connectivity index (χ0v) is 11.9. The Balaban J connectivity index is 0.00000162. The highest BCUT2D eigenvalue weighted by atomic mass is 79.9. The monoisotopic (exact) mass is 316 g/mol. The maximum absolute atomic E-state index is 12.7. The van der Waals surface area contributed by atoms with Crippen LogP contribution in [-0.2, 0) is 0 Å². The maximum atomic E-state index is 12.7. The number of hydrogen-bond acceptors (Lipinski definition) is 3. The summed E-state index contributed by atoms with van der Waals surface area (Å²) in [4.78, 5) is 14.2. The zero-order valence-electron chi connectivity index (χ0n) is 10.1. The number of ketones is 1. The van der Waals surface area contributed by atoms with Gasteiger partial charge in [-0.15, -0.1) is 17.0 Å². The number of carbonyl (C=O) groups is 1. The van der Waals surface area contributed by atoms with Crippen LogP contribution in [0.15, 0.2) is 24.3 Å². The van der Waals surface area contributed by atoms with Gasteiger partial charge in [0.1, 0.15) is 5.82 Å². The van der Waals surface area contributed by atoms with E-state index in [4.69, 9.17) is 5.73 Å². The Bertz CT molecular complexity index is 390. The Morgan fingerprint density at radius 3 is 2.50 bits per heavy atom. The quantitative estimate of drug-likeness (QED) is 0.844. The molecule has 2 rings (SSSR count). The van der Waals surface area contributed by atoms with Crippen molar-refractivity contribution in [3.63, 3.8) is 0 Å². The number of likely N-dealkylation sites (tertiary alicyclic amines) is 1. The molecule has 1 fully saturated rings. The standard InChI is InChI=1S/C13H17FN2O.BrH/c14-12-4-2-10(3-5-12)13(17)11-8-16(9-11)7-1-6-15;/h2-5,11H,1,6-9,15H2;1H. The highest BCUT2D eigenvalue weighted by Crippen LogP contribution is 2.20. The molecule has 18 heavy (non-hydrogen) atoms. The Kier molecular flexibility index (Phi) is 5.91. The second-order valence-corrected chi connectivity index (χ2v) is 4.47. The van der Waals surface area contributed by atoms with Crippen LogP contribution in [0.3, 0.4) is 0 Å². The van der Waals surface area contributed by atoms with E-state index >= 15 is 0 Å². The molecule has 0 amide bonds. The molecule has 5 heteroatoms. The number of carbonyl (C=O) groups excluding carboxylic acids is 1. The fraction of sp³-hybridized carbons (Fsp3) is 0.462. The van der Waals surface area contributed by atoms with Crippen molar-refractivity contribution in [3.8, 4) is 0 Å². The van der Waals surface area contributed by atoms with Gasteiger partial charge in [-0.3, -0.25) is 4.79 Å². The van der Waals surface area contributed by atoms with E-state index in [0.717, 1.165) is 26.1 Å². The summed E-state index contributed by atoms with van der Waals surface area (Å²) in [7, 11) is 0. The van der Waals surface area contributed by atoms with Crippen LogP contribution in [0.4, 0.5) is 4.39 Å². The summed E-state index contributed by atoms with van der Waals surface area (Å²) in [5.41, 5.74) is 6.03. The Labute approximate surface area is 117 Å². The summed E-state index contributed by atoms with van der Waals surface area (Å²) in [6.45, 7) is 3.25. The van der Waals surface area contributed by atoms with Gasteiger partial charge in [-0.05, 0) is 43.8 Å². The van der Waals surface area contributed by atoms with E-state index in [0.29, 0.717) is 12.1 Å². The molecule has 0 radical (unpaired) electrons. The molecule has 3 nitrogen and oxygen atoms in total. The van der Waals surface area contributed by atoms with E-state index in [9.17, 15) is 9.18 Å². The number of nitrogens with zero attached hydrogens (tertiary/aromatic N) is 1. The van der Waals surface area contributed by atoms with Crippen LogP contribution < -0.4 is 5.73 Å². The van der Waals surface area contributed by atoms with Crippen LogP contribution in [0.2, 0.25) is 0 Å². The highest BCUT2D eigenvalue weighted by molar-refractivity contribution is 8.93. The molecule has 1 aromatic carbocycles. The molecule has 0 unspecified atom stereocenters. The molecule has 0 spiro atoms. The van der Waals surface area contributed by atoms with E-state index < -0.39 is 0 Å². The fourth-order valence-corrected chi connectivity index (χ4v) is 2.08. The third-order valence-electron chi connectivity index (χ3n) is 3.14. The molecular weight excluding hydrogens is 299 g/mol. The van der Waals surface area contributed by atoms with E-state index in [-0.39, 0.29) is 34.5 Å². The van der Waals surface area contributed by atoms with Gasteiger partial charge >= 0.3 is 0 Å². The van der Waals surface area contributed by atoms with Gasteiger partial charge in [-0.25, -0.2) is 4.39 Å². The van der Waals surface area contributed by atoms with Crippen LogP contribution in [-0.4, -0.2) is 36.9 Å². The summed E-state index contributed by atoms with van der Waals surface area (Å²) in [6, 6.07) is 5.77. The summed E-state index contributed by atoms with van der Waals surface area (Å²) in [5, 5.41) is 0. The Hall–Kier alpha value is -0.780. The first kappa shape index (κ1) is 15.3. The zero-order chi connectivity index (χ0) is 12.3. The lowest BCUT2D eigenvalue weighted by atomic mass is 9.90. The first-order chi connectivity index (χ1) is 8.20. The first-order valence-electron chi connectivity index (χ1n) is 5.93. The molecule has 100 valence electrons. The maximum Gasteiger partial charge on any atom is 0.168 e. The second kappa shape index (κ2) is 6.97. The van der Waals surface area contributed by atoms with Crippen LogP contribution in [0, 0.1) is 11.7 Å². The SMILES string of the molecule is Br.NCCCN1CC(C(=O)c2ccc(F)cc2)C1. The van der Waals surface area contributed by atoms with Gasteiger partial charge in [-0.2, -0.15) is 0 Å². The molecule has 0 aromatic heterocycles. The molecule has 1 aliphatic rings. The summed E-state index contributed by atoms with van der Waals surface area (Å²) in [5.74, 6) is -0.119. The van der Waals surface area contributed by atoms with Gasteiger partial charge in [0.25, 0.3) is 0 Å². The smallest absolute Gasteiger partial charge is 0.168 e. The normalized spacial score (nSPS) is 15.9. The lowest BCUT2D eigenvalue weighted by Gasteiger charge is -2.38. The van der Waals surface area contributed by atoms with Gasteiger partial charge in [0.05, 0.1) is 0 Å². The lowest BCUT2D eigenvalue weighted by Crippen LogP contribution is -2.50. The van der Waals surface area contributed by atoms with Crippen molar-refractivity contribution in [2.24, 2.45) is 11.7 Å². The molecular formula is C13H18BrFN2O. The van der Waals surface area contributed by atoms with Gasteiger partial charge in [0, 0.05) is 24.6 Å². The predicted octanol–water partition coefficient (Wildman–Crippen LogP) is 1.87. The number of Topliss-reactive ketones (excluding diaryl/α,β-unsaturated/α-hetero) is 1. The molecule has 1 heterocycles.